The van der Waals surface area contributed by atoms with Crippen LogP contribution < -0.4 is 5.32 Å². The van der Waals surface area contributed by atoms with Crippen molar-refractivity contribution in [3.05, 3.63) is 41.7 Å². The Hall–Kier alpha value is -2.01. The van der Waals surface area contributed by atoms with E-state index in [9.17, 15) is 9.18 Å². The number of nitrogens with zero attached hydrogens (tertiary/aromatic N) is 1. The number of benzene rings is 1. The Balaban J connectivity index is 1.72. The number of amides is 1. The number of fused-ring (bicyclic) bond motifs is 1. The number of carbonyl (C=O) groups is 1. The molecule has 134 valence electrons. The van der Waals surface area contributed by atoms with Crippen molar-refractivity contribution in [1.29, 1.82) is 5.41 Å². The molecule has 1 aliphatic heterocycles. The highest BCUT2D eigenvalue weighted by Gasteiger charge is 2.42. The second-order valence-electron chi connectivity index (χ2n) is 7.39. The number of nitrogens with one attached hydrogen (secondary N) is 2. The first-order valence-corrected chi connectivity index (χ1v) is 8.91. The van der Waals surface area contributed by atoms with E-state index >= 15 is 0 Å². The van der Waals surface area contributed by atoms with Crippen molar-refractivity contribution in [1.82, 2.24) is 10.2 Å². The molecule has 4 nitrogen and oxygen atoms in total. The van der Waals surface area contributed by atoms with E-state index in [4.69, 9.17) is 5.41 Å². The molecule has 1 amide bonds. The number of halogens is 1. The Morgan fingerprint density at radius 1 is 1.44 bits per heavy atom. The van der Waals surface area contributed by atoms with Gasteiger partial charge in [0.15, 0.2) is 0 Å². The predicted octanol–water partition coefficient (Wildman–Crippen LogP) is 3.25. The molecule has 0 bridgehead atoms. The summed E-state index contributed by atoms with van der Waals surface area (Å²) in [4.78, 5) is 15.1. The van der Waals surface area contributed by atoms with Gasteiger partial charge in [0.25, 0.3) is 0 Å². The number of hydrogen-bond acceptors (Lipinski definition) is 3. The minimum absolute atomic E-state index is 0.0256. The van der Waals surface area contributed by atoms with Crippen molar-refractivity contribution < 1.29 is 9.18 Å². The summed E-state index contributed by atoms with van der Waals surface area (Å²) in [5.41, 5.74) is 1.48. The lowest BCUT2D eigenvalue weighted by Crippen LogP contribution is -2.34. The summed E-state index contributed by atoms with van der Waals surface area (Å²) in [5, 5.41) is 10.5. The number of hydrogen-bond donors (Lipinski definition) is 2. The average molecular weight is 343 g/mol. The van der Waals surface area contributed by atoms with E-state index in [0.717, 1.165) is 31.5 Å². The van der Waals surface area contributed by atoms with Crippen LogP contribution in [0, 0.1) is 29.0 Å². The third-order valence-corrected chi connectivity index (χ3v) is 5.62. The summed E-state index contributed by atoms with van der Waals surface area (Å²) in [6, 6.07) is 4.09. The molecule has 3 unspecified atom stereocenters. The van der Waals surface area contributed by atoms with Gasteiger partial charge in [-0.15, -0.1) is 0 Å². The van der Waals surface area contributed by atoms with Crippen LogP contribution in [0.5, 0.6) is 0 Å². The van der Waals surface area contributed by atoms with Gasteiger partial charge in [-0.2, -0.15) is 0 Å². The maximum Gasteiger partial charge on any atom is 0.223 e. The van der Waals surface area contributed by atoms with Gasteiger partial charge in [-0.1, -0.05) is 18.7 Å². The highest BCUT2D eigenvalue weighted by molar-refractivity contribution is 5.80. The van der Waals surface area contributed by atoms with E-state index in [1.807, 2.05) is 0 Å². The van der Waals surface area contributed by atoms with Crippen molar-refractivity contribution in [2.45, 2.75) is 25.3 Å². The minimum atomic E-state index is -0.392. The van der Waals surface area contributed by atoms with Crippen LogP contribution in [0.2, 0.25) is 0 Å². The van der Waals surface area contributed by atoms with Gasteiger partial charge in [0, 0.05) is 25.4 Å². The highest BCUT2D eigenvalue weighted by atomic mass is 19.1. The molecule has 1 saturated heterocycles. The van der Waals surface area contributed by atoms with Crippen LogP contribution in [0.1, 0.15) is 36.4 Å². The summed E-state index contributed by atoms with van der Waals surface area (Å²) in [6.45, 7) is 5.91. The van der Waals surface area contributed by atoms with Crippen molar-refractivity contribution in [3.8, 4) is 0 Å². The van der Waals surface area contributed by atoms with Gasteiger partial charge in [0.05, 0.1) is 6.04 Å². The molecule has 3 atom stereocenters. The SMILES string of the molecule is C=Cc1ccc(F)cc1C(CC=N)NC(=O)C1CC2CN(C)CC2C1. The van der Waals surface area contributed by atoms with E-state index in [0.29, 0.717) is 23.8 Å². The molecule has 1 heterocycles. The van der Waals surface area contributed by atoms with Crippen LogP contribution in [0.4, 0.5) is 4.39 Å². The van der Waals surface area contributed by atoms with Gasteiger partial charge in [-0.3, -0.25) is 4.79 Å². The van der Waals surface area contributed by atoms with E-state index in [1.165, 1.54) is 18.3 Å². The largest absolute Gasteiger partial charge is 0.349 e. The summed E-state index contributed by atoms with van der Waals surface area (Å²) in [7, 11) is 2.13. The lowest BCUT2D eigenvalue weighted by atomic mass is 9.96. The van der Waals surface area contributed by atoms with E-state index < -0.39 is 6.04 Å². The zero-order chi connectivity index (χ0) is 18.0. The Labute approximate surface area is 148 Å². The first kappa shape index (κ1) is 17.8. The summed E-state index contributed by atoms with van der Waals surface area (Å²) < 4.78 is 13.7. The topological polar surface area (TPSA) is 56.2 Å². The Kier molecular flexibility index (Phi) is 5.33. The lowest BCUT2D eigenvalue weighted by Gasteiger charge is -2.22. The molecule has 1 aliphatic carbocycles. The molecule has 1 aromatic rings. The first-order valence-electron chi connectivity index (χ1n) is 8.91. The quantitative estimate of drug-likeness (QED) is 0.779. The molecule has 25 heavy (non-hydrogen) atoms. The first-order chi connectivity index (χ1) is 12.0. The molecule has 0 aromatic heterocycles. The summed E-state index contributed by atoms with van der Waals surface area (Å²) in [5.74, 6) is 0.934. The van der Waals surface area contributed by atoms with E-state index in [2.05, 4.69) is 23.8 Å². The van der Waals surface area contributed by atoms with Crippen LogP contribution in [0.15, 0.2) is 24.8 Å². The number of likely N-dealkylation sites (tertiary alicyclic amines) is 1. The van der Waals surface area contributed by atoms with Crippen LogP contribution in [0.3, 0.4) is 0 Å². The molecule has 0 spiro atoms. The third kappa shape index (κ3) is 3.82. The zero-order valence-corrected chi connectivity index (χ0v) is 14.7. The van der Waals surface area contributed by atoms with Crippen LogP contribution in [-0.4, -0.2) is 37.2 Å². The van der Waals surface area contributed by atoms with Crippen molar-refractivity contribution in [2.24, 2.45) is 17.8 Å². The fourth-order valence-electron chi connectivity index (χ4n) is 4.45. The zero-order valence-electron chi connectivity index (χ0n) is 14.7. The van der Waals surface area contributed by atoms with Gasteiger partial charge in [0.2, 0.25) is 5.91 Å². The van der Waals surface area contributed by atoms with E-state index in [1.54, 1.807) is 12.1 Å². The fourth-order valence-corrected chi connectivity index (χ4v) is 4.45. The van der Waals surface area contributed by atoms with Gasteiger partial charge < -0.3 is 15.6 Å². The molecule has 5 heteroatoms. The fraction of sp³-hybridized carbons (Fsp3) is 0.500. The maximum atomic E-state index is 13.7. The second-order valence-corrected chi connectivity index (χ2v) is 7.39. The molecule has 3 rings (SSSR count). The molecule has 2 fully saturated rings. The van der Waals surface area contributed by atoms with Crippen LogP contribution in [0.25, 0.3) is 6.08 Å². The average Bonchev–Trinajstić information content (AvgIpc) is 3.11. The van der Waals surface area contributed by atoms with Crippen molar-refractivity contribution in [3.63, 3.8) is 0 Å². The number of carbonyl (C=O) groups excluding carboxylic acids is 1. The van der Waals surface area contributed by atoms with Gasteiger partial charge >= 0.3 is 0 Å². The van der Waals surface area contributed by atoms with E-state index in [-0.39, 0.29) is 17.6 Å². The molecule has 1 aromatic carbocycles. The highest BCUT2D eigenvalue weighted by Crippen LogP contribution is 2.41. The Morgan fingerprint density at radius 2 is 2.12 bits per heavy atom. The third-order valence-electron chi connectivity index (χ3n) is 5.62. The Morgan fingerprint density at radius 3 is 2.72 bits per heavy atom. The maximum absolute atomic E-state index is 13.7. The monoisotopic (exact) mass is 343 g/mol. The number of rotatable bonds is 6. The predicted molar refractivity (Wildman–Crippen MR) is 98.0 cm³/mol. The lowest BCUT2D eigenvalue weighted by molar-refractivity contribution is -0.125. The molecule has 2 N–H and O–H groups in total. The molecule has 2 aliphatic rings. The normalized spacial score (nSPS) is 26.9. The van der Waals surface area contributed by atoms with Gasteiger partial charge in [0.1, 0.15) is 5.82 Å². The van der Waals surface area contributed by atoms with Crippen LogP contribution in [-0.2, 0) is 4.79 Å². The molecule has 1 saturated carbocycles. The smallest absolute Gasteiger partial charge is 0.223 e. The molecular weight excluding hydrogens is 317 g/mol. The summed E-state index contributed by atoms with van der Waals surface area (Å²) in [6.07, 6.45) is 5.12. The molecule has 0 radical (unpaired) electrons. The van der Waals surface area contributed by atoms with Gasteiger partial charge in [-0.25, -0.2) is 4.39 Å². The Bertz CT molecular complexity index is 661. The standard InChI is InChI=1S/C20H26FN3O/c1-3-13-4-5-17(21)10-18(13)19(6-7-22)23-20(25)14-8-15-11-24(2)12-16(15)9-14/h3-5,7,10,14-16,19,22H,1,6,8-9,11-12H2,2H3,(H,23,25). The second kappa shape index (κ2) is 7.48. The van der Waals surface area contributed by atoms with Crippen molar-refractivity contribution in [2.75, 3.05) is 20.1 Å². The van der Waals surface area contributed by atoms with Crippen molar-refractivity contribution >= 4 is 18.2 Å². The summed E-state index contributed by atoms with van der Waals surface area (Å²) >= 11 is 0. The van der Waals surface area contributed by atoms with Gasteiger partial charge in [-0.05, 0) is 61.2 Å². The molecular formula is C20H26FN3O. The minimum Gasteiger partial charge on any atom is -0.349 e. The van der Waals surface area contributed by atoms with Crippen LogP contribution >= 0.6 is 0 Å².